The molecule has 0 amide bonds. The third-order valence-electron chi connectivity index (χ3n) is 1.45. The molecular weight excluding hydrogens is 198 g/mol. The van der Waals surface area contributed by atoms with Gasteiger partial charge in [0.1, 0.15) is 5.76 Å². The monoisotopic (exact) mass is 203 g/mol. The fourth-order valence-electron chi connectivity index (χ4n) is 0.885. The van der Waals surface area contributed by atoms with Crippen LogP contribution in [0.4, 0.5) is 0 Å². The van der Waals surface area contributed by atoms with E-state index in [-0.39, 0.29) is 5.76 Å². The summed E-state index contributed by atoms with van der Waals surface area (Å²) in [5.74, 6) is -0.308. The van der Waals surface area contributed by atoms with E-state index in [4.69, 9.17) is 5.11 Å². The summed E-state index contributed by atoms with van der Waals surface area (Å²) in [5, 5.41) is 19.2. The molecule has 1 unspecified atom stereocenters. The third kappa shape index (κ3) is 1.94. The molecule has 0 fully saturated rings. The maximum Gasteiger partial charge on any atom is 0.271 e. The second-order valence-corrected chi connectivity index (χ2v) is 3.24. The normalized spacial score (nSPS) is 21.1. The summed E-state index contributed by atoms with van der Waals surface area (Å²) in [5.41, 5.74) is 0. The van der Waals surface area contributed by atoms with Crippen molar-refractivity contribution in [2.24, 2.45) is 0 Å². The number of hydrogen-bond donors (Lipinski definition) is 1. The molecule has 0 aromatic heterocycles. The molecule has 1 rings (SSSR count). The van der Waals surface area contributed by atoms with Crippen molar-refractivity contribution in [2.45, 2.75) is 6.04 Å². The van der Waals surface area contributed by atoms with Crippen LogP contribution in [0.15, 0.2) is 24.0 Å². The van der Waals surface area contributed by atoms with E-state index in [2.05, 4.69) is 0 Å². The molecular formula is C6H5NO5S. The Morgan fingerprint density at radius 1 is 1.54 bits per heavy atom. The molecule has 0 saturated carbocycles. The zero-order valence-electron chi connectivity index (χ0n) is 6.25. The molecule has 0 aromatic carbocycles. The first-order valence-corrected chi connectivity index (χ1v) is 4.28. The number of aliphatic hydroxyl groups is 1. The summed E-state index contributed by atoms with van der Waals surface area (Å²) in [6.45, 7) is 0. The van der Waals surface area contributed by atoms with E-state index in [1.165, 1.54) is 0 Å². The molecule has 0 heterocycles. The predicted molar refractivity (Wildman–Crippen MR) is 44.6 cm³/mol. The Bertz CT molecular complexity index is 422. The summed E-state index contributed by atoms with van der Waals surface area (Å²) in [6.07, 6.45) is 2.96. The van der Waals surface area contributed by atoms with Crippen LogP contribution in [0.5, 0.6) is 0 Å². The first-order valence-electron chi connectivity index (χ1n) is 3.21. The van der Waals surface area contributed by atoms with E-state index >= 15 is 0 Å². The van der Waals surface area contributed by atoms with Gasteiger partial charge in [-0.2, -0.15) is 8.42 Å². The average molecular weight is 203 g/mol. The van der Waals surface area contributed by atoms with Gasteiger partial charge in [0.15, 0.2) is 4.86 Å². The maximum absolute atomic E-state index is 10.5. The Morgan fingerprint density at radius 2 is 2.15 bits per heavy atom. The lowest BCUT2D eigenvalue weighted by atomic mass is 10.1. The fraction of sp³-hybridized carbons (Fsp3) is 0.167. The van der Waals surface area contributed by atoms with Gasteiger partial charge < -0.3 is 5.11 Å². The van der Waals surface area contributed by atoms with Gasteiger partial charge in [-0.15, -0.1) is 0 Å². The molecule has 0 saturated heterocycles. The fourth-order valence-corrected chi connectivity index (χ4v) is 1.46. The molecule has 1 N–H and O–H groups in total. The first-order chi connectivity index (χ1) is 6.02. The Kier molecular flexibility index (Phi) is 2.47. The molecule has 1 aliphatic carbocycles. The minimum absolute atomic E-state index is 0.308. The van der Waals surface area contributed by atoms with Crippen LogP contribution in [-0.2, 0) is 10.3 Å². The molecule has 13 heavy (non-hydrogen) atoms. The minimum atomic E-state index is -2.69. The van der Waals surface area contributed by atoms with Gasteiger partial charge in [0.25, 0.3) is 6.04 Å². The number of nitro groups is 1. The molecule has 0 spiro atoms. The third-order valence-corrected chi connectivity index (χ3v) is 2.19. The summed E-state index contributed by atoms with van der Waals surface area (Å²) < 4.78 is 21.0. The van der Waals surface area contributed by atoms with E-state index in [1.807, 2.05) is 0 Å². The molecule has 0 aromatic rings. The van der Waals surface area contributed by atoms with Crippen LogP contribution in [0.3, 0.4) is 0 Å². The van der Waals surface area contributed by atoms with E-state index in [0.717, 1.165) is 18.2 Å². The Morgan fingerprint density at radius 3 is 2.62 bits per heavy atom. The number of allylic oxidation sites excluding steroid dienone is 1. The molecule has 0 aliphatic heterocycles. The highest BCUT2D eigenvalue weighted by Crippen LogP contribution is 2.07. The van der Waals surface area contributed by atoms with Gasteiger partial charge in [-0.1, -0.05) is 0 Å². The van der Waals surface area contributed by atoms with Gasteiger partial charge in [0, 0.05) is 11.0 Å². The topological polar surface area (TPSA) is 97.5 Å². The zero-order valence-corrected chi connectivity index (χ0v) is 7.06. The van der Waals surface area contributed by atoms with Crippen molar-refractivity contribution in [3.63, 3.8) is 0 Å². The lowest BCUT2D eigenvalue weighted by Crippen LogP contribution is -2.28. The van der Waals surface area contributed by atoms with E-state index in [0.29, 0.717) is 0 Å². The molecule has 1 atom stereocenters. The number of rotatable bonds is 1. The van der Waals surface area contributed by atoms with Crippen molar-refractivity contribution in [2.75, 3.05) is 0 Å². The smallest absolute Gasteiger partial charge is 0.271 e. The van der Waals surface area contributed by atoms with E-state index < -0.39 is 26.1 Å². The standard InChI is InChI=1S/C6H5NO5S/c8-4-1-2-5(7(9)10)6(3-4)13(11)12/h1-3,5,8H. The van der Waals surface area contributed by atoms with Crippen LogP contribution < -0.4 is 0 Å². The molecule has 0 radical (unpaired) electrons. The molecule has 0 bridgehead atoms. The Balaban J connectivity index is 3.26. The van der Waals surface area contributed by atoms with Crippen LogP contribution >= 0.6 is 0 Å². The summed E-state index contributed by atoms with van der Waals surface area (Å²) >= 11 is 0. The van der Waals surface area contributed by atoms with Crippen LogP contribution in [-0.4, -0.2) is 29.4 Å². The van der Waals surface area contributed by atoms with Crippen molar-refractivity contribution in [1.29, 1.82) is 0 Å². The SMILES string of the molecule is O=[N+]([O-])C1C=CC(O)=CC1=S(=O)=O. The maximum atomic E-state index is 10.5. The number of hydrogen-bond acceptors (Lipinski definition) is 5. The Hall–Kier alpha value is -1.63. The van der Waals surface area contributed by atoms with Crippen molar-refractivity contribution in [3.8, 4) is 0 Å². The van der Waals surface area contributed by atoms with Crippen LogP contribution in [0, 0.1) is 10.1 Å². The van der Waals surface area contributed by atoms with Crippen LogP contribution in [0.2, 0.25) is 0 Å². The molecule has 7 heteroatoms. The van der Waals surface area contributed by atoms with Crippen LogP contribution in [0.1, 0.15) is 0 Å². The van der Waals surface area contributed by atoms with Gasteiger partial charge in [-0.25, -0.2) is 0 Å². The molecule has 70 valence electrons. The van der Waals surface area contributed by atoms with Crippen molar-refractivity contribution in [3.05, 3.63) is 34.1 Å². The Labute approximate surface area is 74.5 Å². The number of nitrogens with zero attached hydrogens (tertiary/aromatic N) is 1. The highest BCUT2D eigenvalue weighted by molar-refractivity contribution is 7.73. The average Bonchev–Trinajstić information content (AvgIpc) is 2.03. The molecule has 1 aliphatic rings. The second kappa shape index (κ2) is 3.40. The van der Waals surface area contributed by atoms with Crippen molar-refractivity contribution >= 4 is 15.2 Å². The largest absolute Gasteiger partial charge is 0.508 e. The second-order valence-electron chi connectivity index (χ2n) is 2.30. The van der Waals surface area contributed by atoms with Gasteiger partial charge >= 0.3 is 0 Å². The zero-order chi connectivity index (χ0) is 10.0. The van der Waals surface area contributed by atoms with Crippen molar-refractivity contribution < 1.29 is 18.4 Å². The lowest BCUT2D eigenvalue weighted by Gasteiger charge is -2.06. The van der Waals surface area contributed by atoms with Gasteiger partial charge in [0.2, 0.25) is 10.3 Å². The lowest BCUT2D eigenvalue weighted by molar-refractivity contribution is -0.489. The van der Waals surface area contributed by atoms with Gasteiger partial charge in [0.05, 0.1) is 0 Å². The highest BCUT2D eigenvalue weighted by Gasteiger charge is 2.26. The van der Waals surface area contributed by atoms with E-state index in [1.54, 1.807) is 0 Å². The predicted octanol–water partition coefficient (Wildman–Crippen LogP) is -0.305. The van der Waals surface area contributed by atoms with Gasteiger partial charge in [-0.3, -0.25) is 10.1 Å². The summed E-state index contributed by atoms with van der Waals surface area (Å²) in [4.78, 5) is 9.14. The van der Waals surface area contributed by atoms with Gasteiger partial charge in [-0.05, 0) is 12.2 Å². The minimum Gasteiger partial charge on any atom is -0.508 e. The summed E-state index contributed by atoms with van der Waals surface area (Å²) in [6, 6.07) is -1.39. The highest BCUT2D eigenvalue weighted by atomic mass is 32.2. The molecule has 6 nitrogen and oxygen atoms in total. The van der Waals surface area contributed by atoms with Crippen LogP contribution in [0.25, 0.3) is 0 Å². The quantitative estimate of drug-likeness (QED) is 0.358. The first kappa shape index (κ1) is 9.46. The number of aliphatic hydroxyl groups excluding tert-OH is 1. The summed E-state index contributed by atoms with van der Waals surface area (Å²) in [7, 11) is -2.69. The van der Waals surface area contributed by atoms with E-state index in [9.17, 15) is 18.5 Å². The van der Waals surface area contributed by atoms with Crippen molar-refractivity contribution in [1.82, 2.24) is 0 Å².